The van der Waals surface area contributed by atoms with Gasteiger partial charge in [-0.25, -0.2) is 9.67 Å². The molecular weight excluding hydrogens is 434 g/mol. The van der Waals surface area contributed by atoms with E-state index < -0.39 is 0 Å². The molecule has 1 amide bonds. The number of halogens is 1. The second-order valence-electron chi connectivity index (χ2n) is 6.89. The highest BCUT2D eigenvalue weighted by molar-refractivity contribution is 9.10. The topological polar surface area (TPSA) is 85.8 Å². The van der Waals surface area contributed by atoms with Crippen molar-refractivity contribution in [3.63, 3.8) is 0 Å². The van der Waals surface area contributed by atoms with Crippen LogP contribution in [0, 0.1) is 0 Å². The quantitative estimate of drug-likeness (QED) is 0.472. The molecule has 5 rings (SSSR count). The molecule has 8 heteroatoms. The summed E-state index contributed by atoms with van der Waals surface area (Å²) in [6.07, 6.45) is 5.08. The third-order valence-electron chi connectivity index (χ3n) is 4.79. The molecule has 1 saturated carbocycles. The first kappa shape index (κ1) is 17.8. The van der Waals surface area contributed by atoms with E-state index in [4.69, 9.17) is 4.42 Å². The molecule has 0 aliphatic heterocycles. The molecular formula is C21H16BrN5O2. The molecule has 0 radical (unpaired) electrons. The largest absolute Gasteiger partial charge is 0.444 e. The summed E-state index contributed by atoms with van der Waals surface area (Å²) in [4.78, 5) is 16.9. The van der Waals surface area contributed by atoms with Gasteiger partial charge in [-0.2, -0.15) is 0 Å². The molecule has 1 aliphatic rings. The molecule has 1 fully saturated rings. The summed E-state index contributed by atoms with van der Waals surface area (Å²) in [5, 5.41) is 11.4. The summed E-state index contributed by atoms with van der Waals surface area (Å²) in [5.41, 5.74) is 3.59. The van der Waals surface area contributed by atoms with Gasteiger partial charge in [0.1, 0.15) is 0 Å². The van der Waals surface area contributed by atoms with Crippen LogP contribution < -0.4 is 5.32 Å². The molecule has 29 heavy (non-hydrogen) atoms. The Hall–Kier alpha value is -3.26. The SMILES string of the molecule is O=C(Nc1cccc(-c2cnco2)c1)c1nnn(-c2ccc(Br)cc2)c1C1CC1. The van der Waals surface area contributed by atoms with Crippen LogP contribution in [0.25, 0.3) is 17.0 Å². The summed E-state index contributed by atoms with van der Waals surface area (Å²) < 4.78 is 8.08. The molecule has 2 aromatic heterocycles. The number of amides is 1. The van der Waals surface area contributed by atoms with Crippen molar-refractivity contribution in [2.75, 3.05) is 5.32 Å². The van der Waals surface area contributed by atoms with Crippen LogP contribution >= 0.6 is 15.9 Å². The summed E-state index contributed by atoms with van der Waals surface area (Å²) in [7, 11) is 0. The number of nitrogens with zero attached hydrogens (tertiary/aromatic N) is 4. The minimum absolute atomic E-state index is 0.273. The average molecular weight is 450 g/mol. The number of carbonyl (C=O) groups excluding carboxylic acids is 1. The van der Waals surface area contributed by atoms with Crippen LogP contribution in [0.1, 0.15) is 34.9 Å². The summed E-state index contributed by atoms with van der Waals surface area (Å²) >= 11 is 3.44. The van der Waals surface area contributed by atoms with E-state index in [-0.39, 0.29) is 5.91 Å². The van der Waals surface area contributed by atoms with Crippen molar-refractivity contribution in [1.29, 1.82) is 0 Å². The Labute approximate surface area is 174 Å². The molecule has 0 spiro atoms. The van der Waals surface area contributed by atoms with Crippen LogP contribution in [0.2, 0.25) is 0 Å². The van der Waals surface area contributed by atoms with Crippen molar-refractivity contribution in [1.82, 2.24) is 20.0 Å². The predicted molar refractivity (Wildman–Crippen MR) is 111 cm³/mol. The predicted octanol–water partition coefficient (Wildman–Crippen LogP) is 4.81. The summed E-state index contributed by atoms with van der Waals surface area (Å²) in [5.74, 6) is 0.667. The molecule has 2 aromatic carbocycles. The number of hydrogen-bond donors (Lipinski definition) is 1. The lowest BCUT2D eigenvalue weighted by Gasteiger charge is -2.08. The molecule has 0 saturated heterocycles. The van der Waals surface area contributed by atoms with E-state index in [0.29, 0.717) is 23.1 Å². The van der Waals surface area contributed by atoms with Gasteiger partial charge in [0, 0.05) is 21.6 Å². The first-order valence-electron chi connectivity index (χ1n) is 9.21. The smallest absolute Gasteiger partial charge is 0.278 e. The van der Waals surface area contributed by atoms with Gasteiger partial charge in [0.05, 0.1) is 17.6 Å². The van der Waals surface area contributed by atoms with Gasteiger partial charge < -0.3 is 9.73 Å². The van der Waals surface area contributed by atoms with Gasteiger partial charge in [-0.15, -0.1) is 5.10 Å². The first-order chi connectivity index (χ1) is 14.2. The molecule has 1 N–H and O–H groups in total. The van der Waals surface area contributed by atoms with E-state index in [2.05, 4.69) is 36.5 Å². The third kappa shape index (κ3) is 3.58. The van der Waals surface area contributed by atoms with Crippen LogP contribution in [0.15, 0.2) is 70.0 Å². The standard InChI is InChI=1S/C21H16BrN5O2/c22-15-6-8-17(9-7-15)27-20(13-4-5-13)19(25-26-27)21(28)24-16-3-1-2-14(10-16)18-11-23-12-29-18/h1-3,6-13H,4-5H2,(H,24,28). The lowest BCUT2D eigenvalue weighted by Crippen LogP contribution is -2.15. The molecule has 2 heterocycles. The molecule has 0 unspecified atom stereocenters. The minimum Gasteiger partial charge on any atom is -0.444 e. The number of hydrogen-bond acceptors (Lipinski definition) is 5. The number of benzene rings is 2. The summed E-state index contributed by atoms with van der Waals surface area (Å²) in [6, 6.07) is 15.2. The normalized spacial score (nSPS) is 13.4. The first-order valence-corrected chi connectivity index (χ1v) is 10.00. The van der Waals surface area contributed by atoms with Crippen molar-refractivity contribution in [3.8, 4) is 17.0 Å². The lowest BCUT2D eigenvalue weighted by atomic mass is 10.1. The Kier molecular flexibility index (Phi) is 4.48. The molecule has 7 nitrogen and oxygen atoms in total. The zero-order valence-electron chi connectivity index (χ0n) is 15.2. The van der Waals surface area contributed by atoms with E-state index in [1.54, 1.807) is 10.9 Å². The number of carbonyl (C=O) groups is 1. The number of aromatic nitrogens is 4. The number of nitrogens with one attached hydrogen (secondary N) is 1. The molecule has 0 atom stereocenters. The van der Waals surface area contributed by atoms with E-state index in [1.807, 2.05) is 48.5 Å². The molecule has 0 bridgehead atoms. The third-order valence-corrected chi connectivity index (χ3v) is 5.32. The van der Waals surface area contributed by atoms with Crippen LogP contribution in [-0.4, -0.2) is 25.9 Å². The second-order valence-corrected chi connectivity index (χ2v) is 7.80. The zero-order chi connectivity index (χ0) is 19.8. The Morgan fingerprint density at radius 2 is 2.00 bits per heavy atom. The monoisotopic (exact) mass is 449 g/mol. The fourth-order valence-corrected chi connectivity index (χ4v) is 3.51. The van der Waals surface area contributed by atoms with Crippen molar-refractivity contribution < 1.29 is 9.21 Å². The maximum atomic E-state index is 13.0. The fraction of sp³-hybridized carbons (Fsp3) is 0.143. The lowest BCUT2D eigenvalue weighted by molar-refractivity contribution is 0.102. The van der Waals surface area contributed by atoms with Gasteiger partial charge >= 0.3 is 0 Å². The van der Waals surface area contributed by atoms with Crippen molar-refractivity contribution >= 4 is 27.5 Å². The number of rotatable bonds is 5. The summed E-state index contributed by atoms with van der Waals surface area (Å²) in [6.45, 7) is 0. The van der Waals surface area contributed by atoms with Gasteiger partial charge in [-0.05, 0) is 49.2 Å². The highest BCUT2D eigenvalue weighted by atomic mass is 79.9. The average Bonchev–Trinajstić information content (AvgIpc) is 3.25. The van der Waals surface area contributed by atoms with Gasteiger partial charge in [0.15, 0.2) is 17.8 Å². The highest BCUT2D eigenvalue weighted by Crippen LogP contribution is 2.42. The Morgan fingerprint density at radius 1 is 1.17 bits per heavy atom. The minimum atomic E-state index is -0.273. The molecule has 1 aliphatic carbocycles. The fourth-order valence-electron chi connectivity index (χ4n) is 3.25. The van der Waals surface area contributed by atoms with Gasteiger partial charge in [0.2, 0.25) is 0 Å². The van der Waals surface area contributed by atoms with Crippen LogP contribution in [0.4, 0.5) is 5.69 Å². The highest BCUT2D eigenvalue weighted by Gasteiger charge is 2.34. The van der Waals surface area contributed by atoms with Crippen LogP contribution in [-0.2, 0) is 0 Å². The number of anilines is 1. The van der Waals surface area contributed by atoms with Crippen molar-refractivity contribution in [2.45, 2.75) is 18.8 Å². The van der Waals surface area contributed by atoms with Gasteiger partial charge in [-0.3, -0.25) is 4.79 Å². The maximum absolute atomic E-state index is 13.0. The second kappa shape index (κ2) is 7.29. The Balaban J connectivity index is 1.45. The Morgan fingerprint density at radius 3 is 2.72 bits per heavy atom. The van der Waals surface area contributed by atoms with Crippen LogP contribution in [0.3, 0.4) is 0 Å². The van der Waals surface area contributed by atoms with E-state index in [9.17, 15) is 4.79 Å². The van der Waals surface area contributed by atoms with Gasteiger partial charge in [-0.1, -0.05) is 33.3 Å². The molecule has 144 valence electrons. The van der Waals surface area contributed by atoms with Crippen molar-refractivity contribution in [3.05, 3.63) is 77.0 Å². The Bertz CT molecular complexity index is 1160. The van der Waals surface area contributed by atoms with Gasteiger partial charge in [0.25, 0.3) is 5.91 Å². The maximum Gasteiger partial charge on any atom is 0.278 e. The zero-order valence-corrected chi connectivity index (χ0v) is 16.8. The van der Waals surface area contributed by atoms with E-state index in [0.717, 1.165) is 34.3 Å². The van der Waals surface area contributed by atoms with E-state index >= 15 is 0 Å². The van der Waals surface area contributed by atoms with Crippen molar-refractivity contribution in [2.24, 2.45) is 0 Å². The molecule has 4 aromatic rings. The number of oxazole rings is 1. The van der Waals surface area contributed by atoms with E-state index in [1.165, 1.54) is 6.39 Å². The van der Waals surface area contributed by atoms with Crippen LogP contribution in [0.5, 0.6) is 0 Å².